The predicted octanol–water partition coefficient (Wildman–Crippen LogP) is 3.76. The van der Waals surface area contributed by atoms with E-state index < -0.39 is 0 Å². The van der Waals surface area contributed by atoms with E-state index in [2.05, 4.69) is 49.9 Å². The highest BCUT2D eigenvalue weighted by atomic mass is 15.0. The van der Waals surface area contributed by atoms with Gasteiger partial charge >= 0.3 is 0 Å². The number of hydrogen-bond donors (Lipinski definition) is 1. The number of aromatic nitrogens is 2. The molecule has 0 unspecified atom stereocenters. The van der Waals surface area contributed by atoms with Crippen LogP contribution in [0, 0.1) is 12.3 Å². The Morgan fingerprint density at radius 3 is 2.47 bits per heavy atom. The van der Waals surface area contributed by atoms with Gasteiger partial charge in [-0.3, -0.25) is 0 Å². The number of hydrogen-bond acceptors (Lipinski definition) is 3. The molecule has 0 aliphatic carbocycles. The molecular weight excluding hydrogens is 210 g/mol. The fourth-order valence-electron chi connectivity index (χ4n) is 1.40. The van der Waals surface area contributed by atoms with Crippen LogP contribution in [0.4, 0.5) is 5.82 Å². The molecule has 3 heteroatoms. The summed E-state index contributed by atoms with van der Waals surface area (Å²) in [5, 5.41) is 3.42. The van der Waals surface area contributed by atoms with E-state index >= 15 is 0 Å². The maximum absolute atomic E-state index is 4.55. The molecule has 0 saturated carbocycles. The van der Waals surface area contributed by atoms with Crippen molar-refractivity contribution in [2.24, 2.45) is 5.41 Å². The molecule has 0 amide bonds. The Morgan fingerprint density at radius 1 is 1.29 bits per heavy atom. The van der Waals surface area contributed by atoms with Gasteiger partial charge in [0, 0.05) is 24.2 Å². The van der Waals surface area contributed by atoms with Crippen molar-refractivity contribution in [1.82, 2.24) is 9.97 Å². The molecule has 3 nitrogen and oxygen atoms in total. The van der Waals surface area contributed by atoms with Crippen LogP contribution in [0.2, 0.25) is 0 Å². The Balaban J connectivity index is 2.78. The molecule has 1 rings (SSSR count). The van der Waals surface area contributed by atoms with E-state index in [-0.39, 0.29) is 0 Å². The maximum atomic E-state index is 4.55. The van der Waals surface area contributed by atoms with Gasteiger partial charge in [0.25, 0.3) is 0 Å². The molecule has 0 radical (unpaired) electrons. The molecule has 17 heavy (non-hydrogen) atoms. The summed E-state index contributed by atoms with van der Waals surface area (Å²) in [6, 6.07) is 2.01. The normalized spacial score (nSPS) is 11.9. The van der Waals surface area contributed by atoms with Crippen LogP contribution in [-0.4, -0.2) is 16.5 Å². The van der Waals surface area contributed by atoms with Crippen molar-refractivity contribution in [2.75, 3.05) is 11.9 Å². The highest BCUT2D eigenvalue weighted by molar-refractivity contribution is 5.36. The zero-order valence-electron chi connectivity index (χ0n) is 12.0. The van der Waals surface area contributed by atoms with Crippen LogP contribution >= 0.6 is 0 Å². The second-order valence-corrected chi connectivity index (χ2v) is 5.78. The van der Waals surface area contributed by atoms with Crippen LogP contribution in [-0.2, 0) is 0 Å². The van der Waals surface area contributed by atoms with E-state index in [1.807, 2.05) is 13.0 Å². The van der Waals surface area contributed by atoms with Gasteiger partial charge in [0.1, 0.15) is 11.6 Å². The molecular formula is C14H25N3. The van der Waals surface area contributed by atoms with Crippen molar-refractivity contribution in [3.63, 3.8) is 0 Å². The van der Waals surface area contributed by atoms with E-state index in [9.17, 15) is 0 Å². The third kappa shape index (κ3) is 4.33. The highest BCUT2D eigenvalue weighted by Gasteiger charge is 2.15. The molecule has 0 saturated heterocycles. The average molecular weight is 235 g/mol. The van der Waals surface area contributed by atoms with Gasteiger partial charge in [0.2, 0.25) is 0 Å². The van der Waals surface area contributed by atoms with Crippen LogP contribution < -0.4 is 5.32 Å². The summed E-state index contributed by atoms with van der Waals surface area (Å²) in [5.74, 6) is 2.24. The van der Waals surface area contributed by atoms with Gasteiger partial charge in [-0.15, -0.1) is 0 Å². The molecule has 0 atom stereocenters. The summed E-state index contributed by atoms with van der Waals surface area (Å²) in [5.41, 5.74) is 1.33. The van der Waals surface area contributed by atoms with Crippen molar-refractivity contribution in [1.29, 1.82) is 0 Å². The fourth-order valence-corrected chi connectivity index (χ4v) is 1.40. The van der Waals surface area contributed by atoms with Crippen LogP contribution in [0.3, 0.4) is 0 Å². The number of aryl methyl sites for hydroxylation is 1. The molecule has 1 heterocycles. The minimum atomic E-state index is 0.302. The second kappa shape index (κ2) is 5.48. The molecule has 0 bridgehead atoms. The van der Waals surface area contributed by atoms with Gasteiger partial charge in [-0.1, -0.05) is 34.6 Å². The predicted molar refractivity (Wildman–Crippen MR) is 73.4 cm³/mol. The SMILES string of the molecule is CCC(C)(C)CNc1cc(C)nc(C(C)C)n1. The monoisotopic (exact) mass is 235 g/mol. The molecule has 0 aromatic carbocycles. The quantitative estimate of drug-likeness (QED) is 0.844. The zero-order valence-corrected chi connectivity index (χ0v) is 12.0. The highest BCUT2D eigenvalue weighted by Crippen LogP contribution is 2.20. The first-order valence-corrected chi connectivity index (χ1v) is 6.43. The molecule has 1 aromatic heterocycles. The first-order chi connectivity index (χ1) is 7.84. The third-order valence-electron chi connectivity index (χ3n) is 3.09. The summed E-state index contributed by atoms with van der Waals surface area (Å²) in [6.45, 7) is 13.9. The zero-order chi connectivity index (χ0) is 13.1. The lowest BCUT2D eigenvalue weighted by molar-refractivity contribution is 0.376. The molecule has 0 aliphatic heterocycles. The summed E-state index contributed by atoms with van der Waals surface area (Å²) in [7, 11) is 0. The van der Waals surface area contributed by atoms with Gasteiger partial charge in [0.15, 0.2) is 0 Å². The first kappa shape index (κ1) is 13.9. The topological polar surface area (TPSA) is 37.8 Å². The van der Waals surface area contributed by atoms with Gasteiger partial charge < -0.3 is 5.32 Å². The van der Waals surface area contributed by atoms with E-state index in [1.54, 1.807) is 0 Å². The lowest BCUT2D eigenvalue weighted by Gasteiger charge is -2.23. The fraction of sp³-hybridized carbons (Fsp3) is 0.714. The molecule has 96 valence electrons. The largest absolute Gasteiger partial charge is 0.369 e. The smallest absolute Gasteiger partial charge is 0.133 e. The third-order valence-corrected chi connectivity index (χ3v) is 3.09. The van der Waals surface area contributed by atoms with Crippen molar-refractivity contribution >= 4 is 5.82 Å². The molecule has 0 fully saturated rings. The van der Waals surface area contributed by atoms with E-state index in [4.69, 9.17) is 0 Å². The number of nitrogens with zero attached hydrogens (tertiary/aromatic N) is 2. The summed E-state index contributed by atoms with van der Waals surface area (Å²) >= 11 is 0. The summed E-state index contributed by atoms with van der Waals surface area (Å²) in [6.07, 6.45) is 1.15. The van der Waals surface area contributed by atoms with Crippen molar-refractivity contribution in [3.05, 3.63) is 17.6 Å². The average Bonchev–Trinajstić information content (AvgIpc) is 2.26. The van der Waals surface area contributed by atoms with Crippen LogP contribution in [0.15, 0.2) is 6.07 Å². The van der Waals surface area contributed by atoms with Crippen molar-refractivity contribution in [3.8, 4) is 0 Å². The number of nitrogens with one attached hydrogen (secondary N) is 1. The minimum absolute atomic E-state index is 0.302. The first-order valence-electron chi connectivity index (χ1n) is 6.43. The number of anilines is 1. The lowest BCUT2D eigenvalue weighted by atomic mass is 9.90. The van der Waals surface area contributed by atoms with Gasteiger partial charge in [-0.05, 0) is 18.8 Å². The van der Waals surface area contributed by atoms with Crippen LogP contribution in [0.25, 0.3) is 0 Å². The molecule has 0 spiro atoms. The van der Waals surface area contributed by atoms with E-state index in [0.717, 1.165) is 30.3 Å². The van der Waals surface area contributed by atoms with Gasteiger partial charge in [0.05, 0.1) is 0 Å². The van der Waals surface area contributed by atoms with Gasteiger partial charge in [-0.25, -0.2) is 9.97 Å². The molecule has 1 N–H and O–H groups in total. The minimum Gasteiger partial charge on any atom is -0.369 e. The Morgan fingerprint density at radius 2 is 1.94 bits per heavy atom. The van der Waals surface area contributed by atoms with Crippen molar-refractivity contribution in [2.45, 2.75) is 53.9 Å². The van der Waals surface area contributed by atoms with E-state index in [1.165, 1.54) is 0 Å². The lowest BCUT2D eigenvalue weighted by Crippen LogP contribution is -2.22. The van der Waals surface area contributed by atoms with Crippen molar-refractivity contribution < 1.29 is 0 Å². The Bertz CT molecular complexity index is 370. The summed E-state index contributed by atoms with van der Waals surface area (Å²) in [4.78, 5) is 9.00. The Labute approximate surface area is 105 Å². The van der Waals surface area contributed by atoms with Gasteiger partial charge in [-0.2, -0.15) is 0 Å². The van der Waals surface area contributed by atoms with Crippen LogP contribution in [0.1, 0.15) is 58.5 Å². The Hall–Kier alpha value is -1.12. The second-order valence-electron chi connectivity index (χ2n) is 5.78. The maximum Gasteiger partial charge on any atom is 0.133 e. The van der Waals surface area contributed by atoms with E-state index in [0.29, 0.717) is 11.3 Å². The number of rotatable bonds is 5. The van der Waals surface area contributed by atoms with Crippen LogP contribution in [0.5, 0.6) is 0 Å². The molecule has 1 aromatic rings. The standard InChI is InChI=1S/C14H25N3/c1-7-14(5,6)9-15-12-8-11(4)16-13(17-12)10(2)3/h8,10H,7,9H2,1-6H3,(H,15,16,17). The summed E-state index contributed by atoms with van der Waals surface area (Å²) < 4.78 is 0. The Kier molecular flexibility index (Phi) is 4.49. The molecule has 0 aliphatic rings.